The van der Waals surface area contributed by atoms with Gasteiger partial charge in [-0.1, -0.05) is 18.6 Å². The lowest BCUT2D eigenvalue weighted by Gasteiger charge is -2.34. The first kappa shape index (κ1) is 17.8. The summed E-state index contributed by atoms with van der Waals surface area (Å²) in [6.45, 7) is 7.99. The van der Waals surface area contributed by atoms with Gasteiger partial charge in [0.05, 0.1) is 7.11 Å². The van der Waals surface area contributed by atoms with Crippen LogP contribution in [0.3, 0.4) is 0 Å². The van der Waals surface area contributed by atoms with Crippen molar-refractivity contribution in [3.8, 4) is 11.5 Å². The van der Waals surface area contributed by atoms with Crippen molar-refractivity contribution in [2.45, 2.75) is 44.8 Å². The quantitative estimate of drug-likeness (QED) is 0.748. The Morgan fingerprint density at radius 1 is 1.39 bits per heavy atom. The third kappa shape index (κ3) is 5.26. The summed E-state index contributed by atoms with van der Waals surface area (Å²) in [5.74, 6) is 1.37. The maximum absolute atomic E-state index is 10.3. The molecule has 2 rings (SSSR count). The molecule has 1 aromatic rings. The third-order valence-corrected chi connectivity index (χ3v) is 4.43. The highest BCUT2D eigenvalue weighted by molar-refractivity contribution is 5.43. The number of ether oxygens (including phenoxy) is 2. The second kappa shape index (κ2) is 8.94. The number of rotatable bonds is 8. The van der Waals surface area contributed by atoms with Crippen LogP contribution in [0.15, 0.2) is 30.9 Å². The lowest BCUT2D eigenvalue weighted by atomic mass is 10.0. The molecule has 4 heteroatoms. The summed E-state index contributed by atoms with van der Waals surface area (Å²) in [6.07, 6.45) is 5.89. The minimum Gasteiger partial charge on any atom is -0.493 e. The van der Waals surface area contributed by atoms with Crippen molar-refractivity contribution in [2.75, 3.05) is 26.8 Å². The van der Waals surface area contributed by atoms with Crippen molar-refractivity contribution in [1.82, 2.24) is 4.90 Å². The Hall–Kier alpha value is -1.52. The SMILES string of the molecule is C=CCc1ccc(OC[C@@H](O)CN2CCCC[C@@H]2C)c(OC)c1. The molecule has 1 N–H and O–H groups in total. The molecule has 1 aromatic carbocycles. The van der Waals surface area contributed by atoms with Crippen molar-refractivity contribution in [1.29, 1.82) is 0 Å². The molecular formula is C19H29NO3. The Morgan fingerprint density at radius 2 is 2.22 bits per heavy atom. The Balaban J connectivity index is 1.87. The zero-order valence-electron chi connectivity index (χ0n) is 14.3. The maximum atomic E-state index is 10.3. The zero-order valence-corrected chi connectivity index (χ0v) is 14.3. The normalized spacial score (nSPS) is 20.0. The number of aliphatic hydroxyl groups is 1. The van der Waals surface area contributed by atoms with Crippen LogP contribution >= 0.6 is 0 Å². The molecule has 0 aromatic heterocycles. The second-order valence-corrected chi connectivity index (χ2v) is 6.28. The predicted molar refractivity (Wildman–Crippen MR) is 93.3 cm³/mol. The van der Waals surface area contributed by atoms with Crippen LogP contribution in [0.4, 0.5) is 0 Å². The van der Waals surface area contributed by atoms with Gasteiger partial charge >= 0.3 is 0 Å². The highest BCUT2D eigenvalue weighted by Gasteiger charge is 2.21. The van der Waals surface area contributed by atoms with E-state index in [1.807, 2.05) is 24.3 Å². The number of hydrogen-bond donors (Lipinski definition) is 1. The summed E-state index contributed by atoms with van der Waals surface area (Å²) < 4.78 is 11.2. The summed E-state index contributed by atoms with van der Waals surface area (Å²) in [5, 5.41) is 10.3. The zero-order chi connectivity index (χ0) is 16.7. The van der Waals surface area contributed by atoms with Crippen molar-refractivity contribution in [2.24, 2.45) is 0 Å². The van der Waals surface area contributed by atoms with Gasteiger partial charge in [-0.2, -0.15) is 0 Å². The summed E-state index contributed by atoms with van der Waals surface area (Å²) >= 11 is 0. The lowest BCUT2D eigenvalue weighted by Crippen LogP contribution is -2.43. The molecule has 0 saturated carbocycles. The van der Waals surface area contributed by atoms with Crippen molar-refractivity contribution < 1.29 is 14.6 Å². The number of hydrogen-bond acceptors (Lipinski definition) is 4. The van der Waals surface area contributed by atoms with Crippen molar-refractivity contribution >= 4 is 0 Å². The van der Waals surface area contributed by atoms with Crippen molar-refractivity contribution in [3.63, 3.8) is 0 Å². The van der Waals surface area contributed by atoms with Gasteiger partial charge in [0.1, 0.15) is 12.7 Å². The van der Waals surface area contributed by atoms with Crippen LogP contribution in [0.25, 0.3) is 0 Å². The van der Waals surface area contributed by atoms with Gasteiger partial charge in [0.15, 0.2) is 11.5 Å². The number of β-amino-alcohol motifs (C(OH)–C–C–N with tert-alkyl or cyclic N) is 1. The minimum atomic E-state index is -0.492. The van der Waals surface area contributed by atoms with Crippen LogP contribution in [-0.4, -0.2) is 49.0 Å². The van der Waals surface area contributed by atoms with Gasteiger partial charge in [-0.25, -0.2) is 0 Å². The number of methoxy groups -OCH3 is 1. The number of benzene rings is 1. The molecule has 0 spiro atoms. The Kier molecular flexibility index (Phi) is 6.93. The maximum Gasteiger partial charge on any atom is 0.161 e. The number of likely N-dealkylation sites (tertiary alicyclic amines) is 1. The number of piperidine rings is 1. The molecule has 1 aliphatic rings. The van der Waals surface area contributed by atoms with E-state index >= 15 is 0 Å². The molecule has 0 unspecified atom stereocenters. The average molecular weight is 319 g/mol. The monoisotopic (exact) mass is 319 g/mol. The molecule has 128 valence electrons. The Bertz CT molecular complexity index is 503. The topological polar surface area (TPSA) is 41.9 Å². The van der Waals surface area contributed by atoms with E-state index in [1.165, 1.54) is 19.3 Å². The minimum absolute atomic E-state index is 0.278. The van der Waals surface area contributed by atoms with E-state index in [-0.39, 0.29) is 6.61 Å². The van der Waals surface area contributed by atoms with E-state index in [0.717, 1.165) is 18.5 Å². The van der Waals surface area contributed by atoms with Gasteiger partial charge in [-0.05, 0) is 50.4 Å². The van der Waals surface area contributed by atoms with Crippen LogP contribution in [-0.2, 0) is 6.42 Å². The fourth-order valence-electron chi connectivity index (χ4n) is 3.06. The molecule has 1 saturated heterocycles. The fourth-order valence-corrected chi connectivity index (χ4v) is 3.06. The highest BCUT2D eigenvalue weighted by atomic mass is 16.5. The molecule has 1 aliphatic heterocycles. The van der Waals surface area contributed by atoms with Crippen LogP contribution in [0, 0.1) is 0 Å². The molecule has 23 heavy (non-hydrogen) atoms. The first-order valence-corrected chi connectivity index (χ1v) is 8.46. The second-order valence-electron chi connectivity index (χ2n) is 6.28. The number of allylic oxidation sites excluding steroid dienone is 1. The molecule has 0 aliphatic carbocycles. The molecule has 0 amide bonds. The molecule has 0 bridgehead atoms. The predicted octanol–water partition coefficient (Wildman–Crippen LogP) is 3.04. The summed E-state index contributed by atoms with van der Waals surface area (Å²) in [4.78, 5) is 2.35. The molecule has 1 heterocycles. The first-order chi connectivity index (χ1) is 11.1. The molecule has 1 fully saturated rings. The van der Waals surface area contributed by atoms with Crippen molar-refractivity contribution in [3.05, 3.63) is 36.4 Å². The summed E-state index contributed by atoms with van der Waals surface area (Å²) in [6, 6.07) is 6.40. The van der Waals surface area contributed by atoms with E-state index in [0.29, 0.717) is 24.1 Å². The van der Waals surface area contributed by atoms with E-state index in [2.05, 4.69) is 18.4 Å². The van der Waals surface area contributed by atoms with Crippen LogP contribution < -0.4 is 9.47 Å². The van der Waals surface area contributed by atoms with Gasteiger partial charge in [-0.3, -0.25) is 4.90 Å². The average Bonchev–Trinajstić information content (AvgIpc) is 2.56. The van der Waals surface area contributed by atoms with Gasteiger partial charge in [0, 0.05) is 12.6 Å². The van der Waals surface area contributed by atoms with Crippen LogP contribution in [0.2, 0.25) is 0 Å². The van der Waals surface area contributed by atoms with Crippen LogP contribution in [0.5, 0.6) is 11.5 Å². The number of aliphatic hydroxyl groups excluding tert-OH is 1. The van der Waals surface area contributed by atoms with Gasteiger partial charge in [0.2, 0.25) is 0 Å². The standard InChI is InChI=1S/C19H29NO3/c1-4-7-16-9-10-18(19(12-16)22-3)23-14-17(21)13-20-11-6-5-8-15(20)2/h4,9-10,12,15,17,21H,1,5-8,11,13-14H2,2-3H3/t15-,17-/m0/s1. The first-order valence-electron chi connectivity index (χ1n) is 8.46. The molecule has 0 radical (unpaired) electrons. The lowest BCUT2D eigenvalue weighted by molar-refractivity contribution is 0.0431. The fraction of sp³-hybridized carbons (Fsp3) is 0.579. The highest BCUT2D eigenvalue weighted by Crippen LogP contribution is 2.28. The summed E-state index contributed by atoms with van der Waals surface area (Å²) in [5.41, 5.74) is 1.13. The Morgan fingerprint density at radius 3 is 2.91 bits per heavy atom. The van der Waals surface area contributed by atoms with Gasteiger partial charge in [0.25, 0.3) is 0 Å². The molecular weight excluding hydrogens is 290 g/mol. The Labute approximate surface area is 139 Å². The van der Waals surface area contributed by atoms with Gasteiger partial charge in [-0.15, -0.1) is 6.58 Å². The molecule has 2 atom stereocenters. The summed E-state index contributed by atoms with van der Waals surface area (Å²) in [7, 11) is 1.63. The van der Waals surface area contributed by atoms with E-state index < -0.39 is 6.10 Å². The smallest absolute Gasteiger partial charge is 0.161 e. The number of nitrogens with zero attached hydrogens (tertiary/aromatic N) is 1. The van der Waals surface area contributed by atoms with Crippen LogP contribution in [0.1, 0.15) is 31.7 Å². The molecule has 4 nitrogen and oxygen atoms in total. The van der Waals surface area contributed by atoms with E-state index in [4.69, 9.17) is 9.47 Å². The van der Waals surface area contributed by atoms with Gasteiger partial charge < -0.3 is 14.6 Å². The van der Waals surface area contributed by atoms with E-state index in [1.54, 1.807) is 7.11 Å². The largest absolute Gasteiger partial charge is 0.493 e. The van der Waals surface area contributed by atoms with E-state index in [9.17, 15) is 5.11 Å². The third-order valence-electron chi connectivity index (χ3n) is 4.43.